The molecule has 2 heterocycles. The van der Waals surface area contributed by atoms with E-state index in [-0.39, 0.29) is 5.75 Å². The lowest BCUT2D eigenvalue weighted by Gasteiger charge is -2.45. The fraction of sp³-hybridized carbons (Fsp3) is 0.364. The van der Waals surface area contributed by atoms with Gasteiger partial charge in [0, 0.05) is 30.3 Å². The first-order chi connectivity index (χ1) is 12.7. The highest BCUT2D eigenvalue weighted by Crippen LogP contribution is 2.41. The van der Waals surface area contributed by atoms with Crippen LogP contribution in [0.1, 0.15) is 36.8 Å². The number of hydrogen-bond acceptors (Lipinski definition) is 2. The van der Waals surface area contributed by atoms with Crippen LogP contribution in [0.3, 0.4) is 0 Å². The van der Waals surface area contributed by atoms with Gasteiger partial charge in [0.05, 0.1) is 7.11 Å². The van der Waals surface area contributed by atoms with E-state index in [1.165, 1.54) is 25.2 Å². The van der Waals surface area contributed by atoms with Crippen LogP contribution in [0.15, 0.2) is 48.5 Å². The van der Waals surface area contributed by atoms with Crippen LogP contribution in [0.2, 0.25) is 0 Å². The van der Waals surface area contributed by atoms with Gasteiger partial charge < -0.3 is 4.74 Å². The molecule has 2 aliphatic heterocycles. The average molecular weight is 355 g/mol. The molecule has 0 amide bonds. The van der Waals surface area contributed by atoms with E-state index in [4.69, 9.17) is 4.74 Å². The number of rotatable bonds is 4. The third kappa shape index (κ3) is 3.26. The molecule has 2 nitrogen and oxygen atoms in total. The van der Waals surface area contributed by atoms with Crippen LogP contribution in [-0.4, -0.2) is 24.1 Å². The van der Waals surface area contributed by atoms with Crippen molar-refractivity contribution in [2.45, 2.75) is 44.3 Å². The number of nitrogens with zero attached hydrogens (tertiary/aromatic N) is 1. The lowest BCUT2D eigenvalue weighted by Crippen LogP contribution is -2.47. The Morgan fingerprint density at radius 2 is 1.92 bits per heavy atom. The molecule has 2 atom stereocenters. The van der Waals surface area contributed by atoms with Crippen molar-refractivity contribution in [2.24, 2.45) is 0 Å². The maximum Gasteiger partial charge on any atom is 0.168 e. The maximum atomic E-state index is 14.1. The number of piperidine rings is 1. The number of fused-ring (bicyclic) bond motifs is 2. The molecule has 2 bridgehead atoms. The van der Waals surface area contributed by atoms with Gasteiger partial charge in [-0.3, -0.25) is 4.90 Å². The Bertz CT molecular complexity index is 818. The van der Waals surface area contributed by atoms with E-state index in [1.807, 2.05) is 6.07 Å². The van der Waals surface area contributed by atoms with Crippen molar-refractivity contribution in [3.63, 3.8) is 0 Å². The minimum atomic E-state index is -0.639. The molecule has 0 spiro atoms. The molecule has 0 saturated carbocycles. The lowest BCUT2D eigenvalue weighted by atomic mass is 9.82. The molecule has 26 heavy (non-hydrogen) atoms. The van der Waals surface area contributed by atoms with Crippen LogP contribution in [0.4, 0.5) is 8.78 Å². The second-order valence-electron chi connectivity index (χ2n) is 7.17. The molecular formula is C22H23F2NO. The largest absolute Gasteiger partial charge is 0.493 e. The first-order valence-electron chi connectivity index (χ1n) is 9.19. The summed E-state index contributed by atoms with van der Waals surface area (Å²) in [6, 6.07) is 13.4. The average Bonchev–Trinajstić information content (AvgIpc) is 2.62. The predicted molar refractivity (Wildman–Crippen MR) is 98.9 cm³/mol. The fourth-order valence-corrected chi connectivity index (χ4v) is 4.36. The van der Waals surface area contributed by atoms with Gasteiger partial charge in [-0.25, -0.2) is 8.78 Å². The quantitative estimate of drug-likeness (QED) is 0.749. The highest BCUT2D eigenvalue weighted by molar-refractivity contribution is 5.72. The zero-order chi connectivity index (χ0) is 18.1. The van der Waals surface area contributed by atoms with Gasteiger partial charge in [0.1, 0.15) is 5.82 Å². The van der Waals surface area contributed by atoms with Crippen LogP contribution in [0.5, 0.6) is 5.75 Å². The summed E-state index contributed by atoms with van der Waals surface area (Å²) >= 11 is 0. The summed E-state index contributed by atoms with van der Waals surface area (Å²) in [5.74, 6) is -1.05. The van der Waals surface area contributed by atoms with Gasteiger partial charge in [0.15, 0.2) is 11.6 Å². The van der Waals surface area contributed by atoms with Gasteiger partial charge in [-0.2, -0.15) is 0 Å². The molecule has 2 aromatic carbocycles. The van der Waals surface area contributed by atoms with Crippen molar-refractivity contribution in [3.05, 3.63) is 71.3 Å². The van der Waals surface area contributed by atoms with Crippen LogP contribution >= 0.6 is 0 Å². The SMILES string of the molecule is COc1c(F)cc(F)cc1C1=CC2CCCC(C1)N2Cc1ccccc1. The molecule has 1 saturated heterocycles. The Morgan fingerprint density at radius 1 is 1.12 bits per heavy atom. The molecule has 2 aromatic rings. The van der Waals surface area contributed by atoms with Crippen molar-refractivity contribution in [3.8, 4) is 5.75 Å². The normalized spacial score (nSPS) is 22.8. The standard InChI is InChI=1S/C22H23F2NO/c1-26-22-20(12-17(23)13-21(22)24)16-10-18-8-5-9-19(11-16)25(18)14-15-6-3-2-4-7-15/h2-4,6-7,10,12-13,18-19H,5,8-9,11,14H2,1H3. The van der Waals surface area contributed by atoms with Crippen LogP contribution in [0.25, 0.3) is 5.57 Å². The summed E-state index contributed by atoms with van der Waals surface area (Å²) in [5.41, 5.74) is 2.86. The summed E-state index contributed by atoms with van der Waals surface area (Å²) < 4.78 is 33.2. The number of benzene rings is 2. The van der Waals surface area contributed by atoms with Crippen molar-refractivity contribution in [2.75, 3.05) is 7.11 Å². The smallest absolute Gasteiger partial charge is 0.168 e. The summed E-state index contributed by atoms with van der Waals surface area (Å²) in [5, 5.41) is 0. The second-order valence-corrected chi connectivity index (χ2v) is 7.17. The fourth-order valence-electron chi connectivity index (χ4n) is 4.36. The van der Waals surface area contributed by atoms with E-state index in [0.717, 1.165) is 37.4 Å². The molecule has 0 N–H and O–H groups in total. The molecule has 2 aliphatic rings. The Balaban J connectivity index is 1.67. The topological polar surface area (TPSA) is 12.5 Å². The van der Waals surface area contributed by atoms with Crippen LogP contribution in [0, 0.1) is 11.6 Å². The third-order valence-corrected chi connectivity index (χ3v) is 5.55. The molecular weight excluding hydrogens is 332 g/mol. The Morgan fingerprint density at radius 3 is 2.65 bits per heavy atom. The summed E-state index contributed by atoms with van der Waals surface area (Å²) in [6.07, 6.45) is 6.37. The van der Waals surface area contributed by atoms with E-state index in [1.54, 1.807) is 0 Å². The Kier molecular flexibility index (Phi) is 4.77. The molecule has 0 radical (unpaired) electrons. The van der Waals surface area contributed by atoms with E-state index < -0.39 is 11.6 Å². The zero-order valence-electron chi connectivity index (χ0n) is 14.9. The minimum Gasteiger partial charge on any atom is -0.493 e. The van der Waals surface area contributed by atoms with Crippen LogP contribution < -0.4 is 4.74 Å². The molecule has 4 rings (SSSR count). The summed E-state index contributed by atoms with van der Waals surface area (Å²) in [4.78, 5) is 2.53. The Labute approximate surface area is 153 Å². The van der Waals surface area contributed by atoms with Crippen molar-refractivity contribution >= 4 is 5.57 Å². The maximum absolute atomic E-state index is 14.1. The van der Waals surface area contributed by atoms with E-state index in [0.29, 0.717) is 17.6 Å². The van der Waals surface area contributed by atoms with Crippen molar-refractivity contribution in [1.82, 2.24) is 4.90 Å². The minimum absolute atomic E-state index is 0.146. The first-order valence-corrected chi connectivity index (χ1v) is 9.19. The van der Waals surface area contributed by atoms with Gasteiger partial charge in [0.25, 0.3) is 0 Å². The summed E-state index contributed by atoms with van der Waals surface area (Å²) in [7, 11) is 1.44. The van der Waals surface area contributed by atoms with Gasteiger partial charge in [-0.1, -0.05) is 42.8 Å². The van der Waals surface area contributed by atoms with E-state index >= 15 is 0 Å². The number of halogens is 2. The van der Waals surface area contributed by atoms with Gasteiger partial charge in [0.2, 0.25) is 0 Å². The van der Waals surface area contributed by atoms with Crippen LogP contribution in [-0.2, 0) is 6.54 Å². The van der Waals surface area contributed by atoms with Gasteiger partial charge in [-0.05, 0) is 36.5 Å². The molecule has 0 aromatic heterocycles. The molecule has 4 heteroatoms. The first kappa shape index (κ1) is 17.2. The van der Waals surface area contributed by atoms with E-state index in [2.05, 4.69) is 35.2 Å². The Hall–Kier alpha value is -2.20. The number of hydrogen-bond donors (Lipinski definition) is 0. The highest BCUT2D eigenvalue weighted by atomic mass is 19.1. The van der Waals surface area contributed by atoms with Crippen molar-refractivity contribution in [1.29, 1.82) is 0 Å². The molecule has 1 fully saturated rings. The highest BCUT2D eigenvalue weighted by Gasteiger charge is 2.35. The van der Waals surface area contributed by atoms with Gasteiger partial charge >= 0.3 is 0 Å². The molecule has 2 unspecified atom stereocenters. The number of methoxy groups -OCH3 is 1. The third-order valence-electron chi connectivity index (χ3n) is 5.55. The van der Waals surface area contributed by atoms with Gasteiger partial charge in [-0.15, -0.1) is 0 Å². The molecule has 0 aliphatic carbocycles. The monoisotopic (exact) mass is 355 g/mol. The summed E-state index contributed by atoms with van der Waals surface area (Å²) in [6.45, 7) is 0.911. The predicted octanol–water partition coefficient (Wildman–Crippen LogP) is 5.18. The zero-order valence-corrected chi connectivity index (χ0v) is 14.9. The molecule has 136 valence electrons. The lowest BCUT2D eigenvalue weighted by molar-refractivity contribution is 0.0950. The number of ether oxygens (including phenoxy) is 1. The second kappa shape index (κ2) is 7.20. The van der Waals surface area contributed by atoms with E-state index in [9.17, 15) is 8.78 Å². The van der Waals surface area contributed by atoms with Crippen molar-refractivity contribution < 1.29 is 13.5 Å².